The Morgan fingerprint density at radius 1 is 1.58 bits per heavy atom. The zero-order chi connectivity index (χ0) is 9.35. The second-order valence-electron chi connectivity index (χ2n) is 3.13. The van der Waals surface area contributed by atoms with Gasteiger partial charge in [-0.05, 0) is 18.8 Å². The molecule has 0 saturated heterocycles. The van der Waals surface area contributed by atoms with Gasteiger partial charge in [-0.25, -0.2) is 8.42 Å². The molecule has 0 bridgehead atoms. The minimum atomic E-state index is -3.07. The maximum atomic E-state index is 11.3. The van der Waals surface area contributed by atoms with E-state index < -0.39 is 19.2 Å². The van der Waals surface area contributed by atoms with E-state index in [9.17, 15) is 13.5 Å². The normalized spacial score (nSPS) is 23.6. The largest absolute Gasteiger partial charge is 0.391 e. The molecule has 5 heteroatoms. The minimum absolute atomic E-state index is 0.115. The Morgan fingerprint density at radius 3 is 2.42 bits per heavy atom. The first-order valence-electron chi connectivity index (χ1n) is 4.02. The fourth-order valence-corrected chi connectivity index (χ4v) is 3.65. The quantitative estimate of drug-likeness (QED) is 0.621. The lowest BCUT2D eigenvalue weighted by atomic mass is 10.3. The molecule has 12 heavy (non-hydrogen) atoms. The van der Waals surface area contributed by atoms with Gasteiger partial charge in [0.05, 0.1) is 6.10 Å². The summed E-state index contributed by atoms with van der Waals surface area (Å²) < 4.78 is 22.0. The number of rotatable bonds is 4. The van der Waals surface area contributed by atoms with Gasteiger partial charge in [0, 0.05) is 5.75 Å². The van der Waals surface area contributed by atoms with Crippen LogP contribution in [0.15, 0.2) is 0 Å². The average molecular weight is 304 g/mol. The Morgan fingerprint density at radius 2 is 2.08 bits per heavy atom. The molecule has 2 unspecified atom stereocenters. The van der Waals surface area contributed by atoms with E-state index in [1.54, 1.807) is 6.92 Å². The third kappa shape index (κ3) is 2.32. The highest BCUT2D eigenvalue weighted by molar-refractivity contribution is 14.1. The Labute approximate surface area is 86.6 Å². The minimum Gasteiger partial charge on any atom is -0.391 e. The Hall–Kier alpha value is 0.640. The zero-order valence-electron chi connectivity index (χ0n) is 6.90. The smallest absolute Gasteiger partial charge is 0.164 e. The molecule has 0 heterocycles. The second-order valence-corrected chi connectivity index (χ2v) is 7.73. The van der Waals surface area contributed by atoms with Crippen molar-refractivity contribution in [1.29, 1.82) is 0 Å². The van der Waals surface area contributed by atoms with Crippen LogP contribution in [-0.4, -0.2) is 28.6 Å². The maximum absolute atomic E-state index is 11.3. The SMILES string of the molecule is CCS(=O)(=O)C(I)C(O)C1CC1. The highest BCUT2D eigenvalue weighted by Crippen LogP contribution is 2.37. The van der Waals surface area contributed by atoms with Crippen molar-refractivity contribution in [2.45, 2.75) is 29.1 Å². The summed E-state index contributed by atoms with van der Waals surface area (Å²) in [6.45, 7) is 1.61. The van der Waals surface area contributed by atoms with Crippen LogP contribution in [0.5, 0.6) is 0 Å². The molecule has 1 fully saturated rings. The van der Waals surface area contributed by atoms with E-state index in [4.69, 9.17) is 0 Å². The van der Waals surface area contributed by atoms with E-state index in [0.717, 1.165) is 12.8 Å². The fourth-order valence-electron chi connectivity index (χ4n) is 1.02. The molecule has 2 atom stereocenters. The van der Waals surface area contributed by atoms with E-state index in [-0.39, 0.29) is 11.7 Å². The van der Waals surface area contributed by atoms with Crippen LogP contribution in [0.3, 0.4) is 0 Å². The first-order valence-corrected chi connectivity index (χ1v) is 6.99. The van der Waals surface area contributed by atoms with E-state index in [2.05, 4.69) is 0 Å². The van der Waals surface area contributed by atoms with Crippen molar-refractivity contribution in [2.75, 3.05) is 5.75 Å². The van der Waals surface area contributed by atoms with Gasteiger partial charge < -0.3 is 5.11 Å². The standard InChI is InChI=1S/C7H13IO3S/c1-2-12(10,11)7(8)6(9)5-3-4-5/h5-7,9H,2-4H2,1H3. The monoisotopic (exact) mass is 304 g/mol. The van der Waals surface area contributed by atoms with Crippen molar-refractivity contribution in [3.05, 3.63) is 0 Å². The van der Waals surface area contributed by atoms with E-state index >= 15 is 0 Å². The van der Waals surface area contributed by atoms with Crippen LogP contribution in [0.25, 0.3) is 0 Å². The maximum Gasteiger partial charge on any atom is 0.164 e. The first kappa shape index (κ1) is 10.7. The molecule has 0 aromatic heterocycles. The highest BCUT2D eigenvalue weighted by atomic mass is 127. The van der Waals surface area contributed by atoms with Crippen LogP contribution < -0.4 is 0 Å². The molecule has 1 aliphatic rings. The third-order valence-electron chi connectivity index (χ3n) is 2.12. The number of hydrogen-bond donors (Lipinski definition) is 1. The van der Waals surface area contributed by atoms with E-state index in [1.807, 2.05) is 22.6 Å². The van der Waals surface area contributed by atoms with Crippen molar-refractivity contribution in [1.82, 2.24) is 0 Å². The van der Waals surface area contributed by atoms with Crippen molar-refractivity contribution >= 4 is 32.4 Å². The summed E-state index contributed by atoms with van der Waals surface area (Å²) in [6.07, 6.45) is 1.29. The van der Waals surface area contributed by atoms with Crippen molar-refractivity contribution < 1.29 is 13.5 Å². The molecule has 0 amide bonds. The van der Waals surface area contributed by atoms with Crippen LogP contribution in [0.1, 0.15) is 19.8 Å². The lowest BCUT2D eigenvalue weighted by Crippen LogP contribution is -2.31. The lowest BCUT2D eigenvalue weighted by molar-refractivity contribution is 0.169. The molecule has 1 N–H and O–H groups in total. The van der Waals surface area contributed by atoms with Gasteiger partial charge in [-0.1, -0.05) is 29.5 Å². The molecule has 0 radical (unpaired) electrons. The van der Waals surface area contributed by atoms with Crippen LogP contribution >= 0.6 is 22.6 Å². The number of aliphatic hydroxyl groups is 1. The van der Waals surface area contributed by atoms with E-state index in [0.29, 0.717) is 0 Å². The molecule has 0 aromatic rings. The van der Waals surface area contributed by atoms with E-state index in [1.165, 1.54) is 0 Å². The van der Waals surface area contributed by atoms with Gasteiger partial charge in [0.15, 0.2) is 9.84 Å². The topological polar surface area (TPSA) is 54.4 Å². The summed E-state index contributed by atoms with van der Waals surface area (Å²) in [5.74, 6) is 0.345. The molecule has 1 saturated carbocycles. The average Bonchev–Trinajstić information content (AvgIpc) is 2.84. The highest BCUT2D eigenvalue weighted by Gasteiger charge is 2.39. The number of aliphatic hydroxyl groups excluding tert-OH is 1. The summed E-state index contributed by atoms with van der Waals surface area (Å²) >= 11 is 1.83. The van der Waals surface area contributed by atoms with Crippen molar-refractivity contribution in [3.8, 4) is 0 Å². The number of halogens is 1. The molecule has 0 aliphatic heterocycles. The van der Waals surface area contributed by atoms with Crippen LogP contribution in [0.2, 0.25) is 0 Å². The molecule has 0 aromatic carbocycles. The second kappa shape index (κ2) is 3.79. The molecule has 3 nitrogen and oxygen atoms in total. The molecule has 1 aliphatic carbocycles. The van der Waals surface area contributed by atoms with Crippen LogP contribution in [0, 0.1) is 5.92 Å². The van der Waals surface area contributed by atoms with Gasteiger partial charge in [-0.3, -0.25) is 0 Å². The van der Waals surface area contributed by atoms with Gasteiger partial charge in [-0.15, -0.1) is 0 Å². The number of alkyl halides is 1. The van der Waals surface area contributed by atoms with Crippen LogP contribution in [-0.2, 0) is 9.84 Å². The molecule has 0 spiro atoms. The lowest BCUT2D eigenvalue weighted by Gasteiger charge is -2.15. The van der Waals surface area contributed by atoms with Crippen LogP contribution in [0.4, 0.5) is 0 Å². The molecule has 72 valence electrons. The Kier molecular flexibility index (Phi) is 3.39. The van der Waals surface area contributed by atoms with Crippen molar-refractivity contribution in [2.24, 2.45) is 5.92 Å². The predicted octanol–water partition coefficient (Wildman–Crippen LogP) is 0.953. The summed E-state index contributed by atoms with van der Waals surface area (Å²) in [7, 11) is -3.07. The Bertz CT molecular complexity index is 245. The number of sulfone groups is 1. The van der Waals surface area contributed by atoms with Gasteiger partial charge in [-0.2, -0.15) is 0 Å². The van der Waals surface area contributed by atoms with Gasteiger partial charge in [0.25, 0.3) is 0 Å². The third-order valence-corrected chi connectivity index (χ3v) is 6.95. The van der Waals surface area contributed by atoms with Crippen molar-refractivity contribution in [3.63, 3.8) is 0 Å². The van der Waals surface area contributed by atoms with Gasteiger partial charge in [0.2, 0.25) is 0 Å². The molecular formula is C7H13IO3S. The number of hydrogen-bond acceptors (Lipinski definition) is 3. The fraction of sp³-hybridized carbons (Fsp3) is 1.00. The van der Waals surface area contributed by atoms with Gasteiger partial charge in [0.1, 0.15) is 3.26 Å². The first-order chi connectivity index (χ1) is 5.49. The molecule has 1 rings (SSSR count). The van der Waals surface area contributed by atoms with Gasteiger partial charge >= 0.3 is 0 Å². The predicted molar refractivity (Wildman–Crippen MR) is 56.0 cm³/mol. The Balaban J connectivity index is 2.62. The zero-order valence-corrected chi connectivity index (χ0v) is 9.88. The summed E-state index contributed by atoms with van der Waals surface area (Å²) in [5, 5.41) is 9.54. The summed E-state index contributed by atoms with van der Waals surface area (Å²) in [6, 6.07) is 0. The summed E-state index contributed by atoms with van der Waals surface area (Å²) in [4.78, 5) is 0. The molecular weight excluding hydrogens is 291 g/mol. The summed E-state index contributed by atoms with van der Waals surface area (Å²) in [5.41, 5.74) is 0.